The Kier molecular flexibility index (Phi) is 4.68. The Morgan fingerprint density at radius 3 is 2.75 bits per heavy atom. The average Bonchev–Trinajstić information content (AvgIpc) is 3.19. The normalized spacial score (nSPS) is 21.4. The number of piperidine rings is 1. The minimum absolute atomic E-state index is 0.713. The molecule has 5 heteroatoms. The van der Waals surface area contributed by atoms with E-state index in [4.69, 9.17) is 4.52 Å². The lowest BCUT2D eigenvalue weighted by molar-refractivity contribution is 0.170. The topological polar surface area (TPSA) is 54.2 Å². The average molecular weight is 278 g/mol. The van der Waals surface area contributed by atoms with E-state index in [9.17, 15) is 0 Å². The summed E-state index contributed by atoms with van der Waals surface area (Å²) in [6.45, 7) is 6.44. The number of aromatic nitrogens is 2. The zero-order chi connectivity index (χ0) is 13.8. The van der Waals surface area contributed by atoms with Gasteiger partial charge in [-0.3, -0.25) is 4.90 Å². The highest BCUT2D eigenvalue weighted by Crippen LogP contribution is 2.28. The first kappa shape index (κ1) is 14.0. The van der Waals surface area contributed by atoms with Crippen molar-refractivity contribution in [2.45, 2.75) is 58.0 Å². The minimum Gasteiger partial charge on any atom is -0.338 e. The fourth-order valence-electron chi connectivity index (χ4n) is 2.82. The Balaban J connectivity index is 1.38. The maximum absolute atomic E-state index is 5.32. The van der Waals surface area contributed by atoms with Crippen molar-refractivity contribution in [3.8, 4) is 0 Å². The van der Waals surface area contributed by atoms with Crippen molar-refractivity contribution in [3.05, 3.63) is 11.7 Å². The summed E-state index contributed by atoms with van der Waals surface area (Å²) in [6.07, 6.45) is 7.32. The molecule has 2 aliphatic rings. The molecular formula is C15H26N4O. The molecule has 3 rings (SSSR count). The zero-order valence-electron chi connectivity index (χ0n) is 12.5. The fraction of sp³-hybridized carbons (Fsp3) is 0.867. The van der Waals surface area contributed by atoms with Gasteiger partial charge in [-0.1, -0.05) is 12.1 Å². The SMILES string of the molecule is CCCc1noc(CN2CCC(NCC3CC3)CC2)n1. The fourth-order valence-corrected chi connectivity index (χ4v) is 2.82. The van der Waals surface area contributed by atoms with Gasteiger partial charge in [0.1, 0.15) is 0 Å². The van der Waals surface area contributed by atoms with Crippen molar-refractivity contribution in [1.82, 2.24) is 20.4 Å². The van der Waals surface area contributed by atoms with E-state index >= 15 is 0 Å². The van der Waals surface area contributed by atoms with Crippen LogP contribution in [-0.4, -0.2) is 40.7 Å². The van der Waals surface area contributed by atoms with Gasteiger partial charge in [0, 0.05) is 25.6 Å². The van der Waals surface area contributed by atoms with Crippen LogP contribution in [0.2, 0.25) is 0 Å². The van der Waals surface area contributed by atoms with Gasteiger partial charge in [0.05, 0.1) is 6.54 Å². The van der Waals surface area contributed by atoms with Crippen LogP contribution in [0.3, 0.4) is 0 Å². The highest BCUT2D eigenvalue weighted by molar-refractivity contribution is 4.88. The maximum atomic E-state index is 5.32. The number of hydrogen-bond donors (Lipinski definition) is 1. The third-order valence-electron chi connectivity index (χ3n) is 4.32. The molecule has 0 aromatic carbocycles. The lowest BCUT2D eigenvalue weighted by atomic mass is 10.0. The van der Waals surface area contributed by atoms with Gasteiger partial charge in [-0.2, -0.15) is 4.98 Å². The van der Waals surface area contributed by atoms with Gasteiger partial charge >= 0.3 is 0 Å². The molecule has 0 radical (unpaired) electrons. The minimum atomic E-state index is 0.713. The van der Waals surface area contributed by atoms with Crippen LogP contribution in [-0.2, 0) is 13.0 Å². The summed E-state index contributed by atoms with van der Waals surface area (Å²) in [6, 6.07) is 0.713. The molecule has 2 fully saturated rings. The van der Waals surface area contributed by atoms with E-state index in [2.05, 4.69) is 27.3 Å². The number of rotatable bonds is 7. The van der Waals surface area contributed by atoms with Crippen LogP contribution >= 0.6 is 0 Å². The van der Waals surface area contributed by atoms with E-state index in [1.54, 1.807) is 0 Å². The van der Waals surface area contributed by atoms with Gasteiger partial charge in [-0.25, -0.2) is 0 Å². The van der Waals surface area contributed by atoms with Crippen molar-refractivity contribution in [2.24, 2.45) is 5.92 Å². The first-order chi connectivity index (χ1) is 9.83. The van der Waals surface area contributed by atoms with E-state index in [1.165, 1.54) is 32.2 Å². The van der Waals surface area contributed by atoms with Crippen LogP contribution in [0.15, 0.2) is 4.52 Å². The Bertz CT molecular complexity index is 408. The van der Waals surface area contributed by atoms with E-state index in [1.807, 2.05) is 0 Å². The number of likely N-dealkylation sites (tertiary alicyclic amines) is 1. The van der Waals surface area contributed by atoms with Gasteiger partial charge < -0.3 is 9.84 Å². The third-order valence-corrected chi connectivity index (χ3v) is 4.32. The molecule has 1 aromatic heterocycles. The van der Waals surface area contributed by atoms with Crippen molar-refractivity contribution >= 4 is 0 Å². The standard InChI is InChI=1S/C15H26N4O/c1-2-3-14-17-15(20-18-14)11-19-8-6-13(7-9-19)16-10-12-4-5-12/h12-13,16H,2-11H2,1H3. The number of nitrogens with one attached hydrogen (secondary N) is 1. The van der Waals surface area contributed by atoms with E-state index in [0.717, 1.165) is 50.1 Å². The molecule has 0 amide bonds. The molecular weight excluding hydrogens is 252 g/mol. The number of hydrogen-bond acceptors (Lipinski definition) is 5. The van der Waals surface area contributed by atoms with Gasteiger partial charge in [0.2, 0.25) is 5.89 Å². The molecule has 1 saturated carbocycles. The van der Waals surface area contributed by atoms with Crippen LogP contribution in [0.1, 0.15) is 50.7 Å². The first-order valence-corrected chi connectivity index (χ1v) is 8.10. The summed E-state index contributed by atoms with van der Waals surface area (Å²) in [5.41, 5.74) is 0. The maximum Gasteiger partial charge on any atom is 0.240 e. The van der Waals surface area contributed by atoms with Crippen LogP contribution in [0.25, 0.3) is 0 Å². The molecule has 112 valence electrons. The summed E-state index contributed by atoms with van der Waals surface area (Å²) in [4.78, 5) is 6.87. The van der Waals surface area contributed by atoms with Gasteiger partial charge in [-0.05, 0) is 44.6 Å². The predicted molar refractivity (Wildman–Crippen MR) is 77.3 cm³/mol. The first-order valence-electron chi connectivity index (χ1n) is 8.10. The third kappa shape index (κ3) is 4.03. The van der Waals surface area contributed by atoms with E-state index in [-0.39, 0.29) is 0 Å². The van der Waals surface area contributed by atoms with Crippen LogP contribution in [0, 0.1) is 5.92 Å². The van der Waals surface area contributed by atoms with Gasteiger partial charge in [-0.15, -0.1) is 0 Å². The summed E-state index contributed by atoms with van der Waals surface area (Å²) < 4.78 is 5.32. The van der Waals surface area contributed by atoms with Gasteiger partial charge in [0.25, 0.3) is 0 Å². The highest BCUT2D eigenvalue weighted by atomic mass is 16.5. The Morgan fingerprint density at radius 2 is 2.05 bits per heavy atom. The Labute approximate surface area is 121 Å². The molecule has 0 atom stereocenters. The van der Waals surface area contributed by atoms with Crippen LogP contribution in [0.5, 0.6) is 0 Å². The predicted octanol–water partition coefficient (Wildman–Crippen LogP) is 1.99. The summed E-state index contributed by atoms with van der Waals surface area (Å²) in [7, 11) is 0. The Hall–Kier alpha value is -0.940. The van der Waals surface area contributed by atoms with E-state index < -0.39 is 0 Å². The van der Waals surface area contributed by atoms with Gasteiger partial charge in [0.15, 0.2) is 5.82 Å². The van der Waals surface area contributed by atoms with E-state index in [0.29, 0.717) is 6.04 Å². The zero-order valence-corrected chi connectivity index (χ0v) is 12.5. The number of aryl methyl sites for hydroxylation is 1. The molecule has 5 nitrogen and oxygen atoms in total. The molecule has 2 heterocycles. The monoisotopic (exact) mass is 278 g/mol. The molecule has 0 spiro atoms. The summed E-state index contributed by atoms with van der Waals surface area (Å²) >= 11 is 0. The smallest absolute Gasteiger partial charge is 0.240 e. The molecule has 0 unspecified atom stereocenters. The molecule has 1 saturated heterocycles. The number of nitrogens with zero attached hydrogens (tertiary/aromatic N) is 3. The van der Waals surface area contributed by atoms with Crippen molar-refractivity contribution in [3.63, 3.8) is 0 Å². The lowest BCUT2D eigenvalue weighted by Gasteiger charge is -2.31. The van der Waals surface area contributed by atoms with Crippen LogP contribution in [0.4, 0.5) is 0 Å². The Morgan fingerprint density at radius 1 is 1.25 bits per heavy atom. The molecule has 1 aromatic rings. The quantitative estimate of drug-likeness (QED) is 0.826. The lowest BCUT2D eigenvalue weighted by Crippen LogP contribution is -2.42. The molecule has 0 bridgehead atoms. The second kappa shape index (κ2) is 6.68. The second-order valence-electron chi connectivity index (χ2n) is 6.26. The molecule has 20 heavy (non-hydrogen) atoms. The van der Waals surface area contributed by atoms with Crippen molar-refractivity contribution in [1.29, 1.82) is 0 Å². The van der Waals surface area contributed by atoms with Crippen LogP contribution < -0.4 is 5.32 Å². The largest absolute Gasteiger partial charge is 0.338 e. The van der Waals surface area contributed by atoms with Crippen molar-refractivity contribution in [2.75, 3.05) is 19.6 Å². The molecule has 1 N–H and O–H groups in total. The molecule has 1 aliphatic carbocycles. The summed E-state index contributed by atoms with van der Waals surface area (Å²) in [5, 5.41) is 7.73. The molecule has 1 aliphatic heterocycles. The van der Waals surface area contributed by atoms with Crippen molar-refractivity contribution < 1.29 is 4.52 Å². The highest BCUT2D eigenvalue weighted by Gasteiger charge is 2.24. The summed E-state index contributed by atoms with van der Waals surface area (Å²) in [5.74, 6) is 2.60. The second-order valence-corrected chi connectivity index (χ2v) is 6.26.